The summed E-state index contributed by atoms with van der Waals surface area (Å²) in [6, 6.07) is 6.20. The van der Waals surface area contributed by atoms with Crippen molar-refractivity contribution in [1.29, 1.82) is 0 Å². The van der Waals surface area contributed by atoms with Crippen molar-refractivity contribution < 1.29 is 5.11 Å². The van der Waals surface area contributed by atoms with Crippen molar-refractivity contribution in [2.24, 2.45) is 5.92 Å². The highest BCUT2D eigenvalue weighted by Gasteiger charge is 2.40. The van der Waals surface area contributed by atoms with Crippen molar-refractivity contribution in [1.82, 2.24) is 0 Å². The number of rotatable bonds is 1. The minimum absolute atomic E-state index is 0.181. The van der Waals surface area contributed by atoms with Crippen LogP contribution < -0.4 is 0 Å². The predicted octanol–water partition coefficient (Wildman–Crippen LogP) is 2.31. The molecule has 0 amide bonds. The maximum absolute atomic E-state index is 9.21. The summed E-state index contributed by atoms with van der Waals surface area (Å²) in [5.74, 6) is 1.48. The first kappa shape index (κ1) is 7.34. The lowest BCUT2D eigenvalue weighted by Gasteiger charge is -2.13. The van der Waals surface area contributed by atoms with Gasteiger partial charge < -0.3 is 5.11 Å². The Morgan fingerprint density at radius 3 is 3.15 bits per heavy atom. The van der Waals surface area contributed by atoms with Crippen molar-refractivity contribution in [2.75, 3.05) is 0 Å². The number of aliphatic hydroxyl groups is 1. The molecule has 1 aromatic carbocycles. The zero-order valence-corrected chi connectivity index (χ0v) is 7.40. The molecular formula is C12H12O. The largest absolute Gasteiger partial charge is 0.392 e. The molecule has 13 heavy (non-hydrogen) atoms. The van der Waals surface area contributed by atoms with E-state index in [1.807, 2.05) is 12.1 Å². The van der Waals surface area contributed by atoms with E-state index in [2.05, 4.69) is 18.2 Å². The van der Waals surface area contributed by atoms with Crippen LogP contribution in [-0.4, -0.2) is 5.11 Å². The second kappa shape index (κ2) is 2.46. The summed E-state index contributed by atoms with van der Waals surface area (Å²) in [6.45, 7) is 0.181. The SMILES string of the molecule is OCc1cccc2c1C1CC1C=C2. The monoisotopic (exact) mass is 172 g/mol. The molecule has 0 saturated heterocycles. The minimum Gasteiger partial charge on any atom is -0.392 e. The van der Waals surface area contributed by atoms with Crippen molar-refractivity contribution in [3.8, 4) is 0 Å². The Hall–Kier alpha value is -1.08. The van der Waals surface area contributed by atoms with Crippen LogP contribution in [0.5, 0.6) is 0 Å². The van der Waals surface area contributed by atoms with E-state index in [0.717, 1.165) is 11.5 Å². The van der Waals surface area contributed by atoms with Gasteiger partial charge in [-0.2, -0.15) is 0 Å². The Labute approximate surface area is 77.7 Å². The lowest BCUT2D eigenvalue weighted by atomic mass is 9.93. The van der Waals surface area contributed by atoms with Gasteiger partial charge in [-0.15, -0.1) is 0 Å². The summed E-state index contributed by atoms with van der Waals surface area (Å²) >= 11 is 0. The first-order chi connectivity index (χ1) is 6.40. The number of aliphatic hydroxyl groups excluding tert-OH is 1. The topological polar surface area (TPSA) is 20.2 Å². The van der Waals surface area contributed by atoms with Gasteiger partial charge >= 0.3 is 0 Å². The van der Waals surface area contributed by atoms with Crippen molar-refractivity contribution in [3.63, 3.8) is 0 Å². The van der Waals surface area contributed by atoms with Crippen LogP contribution in [0.4, 0.5) is 0 Å². The molecule has 66 valence electrons. The first-order valence-corrected chi connectivity index (χ1v) is 4.81. The summed E-state index contributed by atoms with van der Waals surface area (Å²) in [7, 11) is 0. The van der Waals surface area contributed by atoms with Gasteiger partial charge in [0.15, 0.2) is 0 Å². The Morgan fingerprint density at radius 2 is 2.31 bits per heavy atom. The highest BCUT2D eigenvalue weighted by atomic mass is 16.3. The normalized spacial score (nSPS) is 28.1. The molecule has 0 bridgehead atoms. The Morgan fingerprint density at radius 1 is 1.38 bits per heavy atom. The number of hydrogen-bond acceptors (Lipinski definition) is 1. The van der Waals surface area contributed by atoms with Gasteiger partial charge in [-0.3, -0.25) is 0 Å². The number of benzene rings is 1. The van der Waals surface area contributed by atoms with Gasteiger partial charge in [0.05, 0.1) is 6.61 Å². The highest BCUT2D eigenvalue weighted by Crippen LogP contribution is 2.53. The standard InChI is InChI=1S/C12H12O/c13-7-10-3-1-2-8-4-5-9-6-11(9)12(8)10/h1-5,9,11,13H,6-7H2. The third-order valence-electron chi connectivity index (χ3n) is 3.13. The fraction of sp³-hybridized carbons (Fsp3) is 0.333. The molecule has 1 aromatic rings. The van der Waals surface area contributed by atoms with E-state index in [1.54, 1.807) is 0 Å². The fourth-order valence-electron chi connectivity index (χ4n) is 2.35. The molecule has 3 rings (SSSR count). The molecule has 2 unspecified atom stereocenters. The van der Waals surface area contributed by atoms with Crippen molar-refractivity contribution in [3.05, 3.63) is 41.0 Å². The van der Waals surface area contributed by atoms with Crippen LogP contribution in [0.25, 0.3) is 6.08 Å². The van der Waals surface area contributed by atoms with Crippen LogP contribution in [0.3, 0.4) is 0 Å². The van der Waals surface area contributed by atoms with Gasteiger partial charge in [-0.05, 0) is 34.9 Å². The lowest BCUT2D eigenvalue weighted by Crippen LogP contribution is -1.98. The predicted molar refractivity (Wildman–Crippen MR) is 52.2 cm³/mol. The number of hydrogen-bond donors (Lipinski definition) is 1. The van der Waals surface area contributed by atoms with Gasteiger partial charge in [0, 0.05) is 0 Å². The molecule has 0 heterocycles. The molecule has 1 saturated carbocycles. The molecule has 2 aliphatic carbocycles. The number of allylic oxidation sites excluding steroid dienone is 1. The molecule has 0 aromatic heterocycles. The van der Waals surface area contributed by atoms with E-state index >= 15 is 0 Å². The average Bonchev–Trinajstić information content (AvgIpc) is 2.95. The molecule has 0 spiro atoms. The highest BCUT2D eigenvalue weighted by molar-refractivity contribution is 5.63. The molecule has 1 nitrogen and oxygen atoms in total. The molecule has 2 aliphatic rings. The fourth-order valence-corrected chi connectivity index (χ4v) is 2.35. The van der Waals surface area contributed by atoms with E-state index in [4.69, 9.17) is 0 Å². The van der Waals surface area contributed by atoms with E-state index in [1.165, 1.54) is 17.5 Å². The minimum atomic E-state index is 0.181. The van der Waals surface area contributed by atoms with Gasteiger partial charge in [0.1, 0.15) is 0 Å². The zero-order valence-electron chi connectivity index (χ0n) is 7.40. The quantitative estimate of drug-likeness (QED) is 0.689. The summed E-state index contributed by atoms with van der Waals surface area (Å²) < 4.78 is 0. The second-order valence-electron chi connectivity index (χ2n) is 3.94. The Bertz CT molecular complexity index is 379. The van der Waals surface area contributed by atoms with Crippen molar-refractivity contribution in [2.45, 2.75) is 18.9 Å². The van der Waals surface area contributed by atoms with Gasteiger partial charge in [-0.1, -0.05) is 30.4 Å². The molecule has 0 radical (unpaired) electrons. The average molecular weight is 172 g/mol. The van der Waals surface area contributed by atoms with Crippen LogP contribution >= 0.6 is 0 Å². The smallest absolute Gasteiger partial charge is 0.0684 e. The van der Waals surface area contributed by atoms with Crippen LogP contribution in [0.15, 0.2) is 24.3 Å². The Kier molecular flexibility index (Phi) is 1.39. The van der Waals surface area contributed by atoms with Gasteiger partial charge in [0.25, 0.3) is 0 Å². The third kappa shape index (κ3) is 0.971. The summed E-state index contributed by atoms with van der Waals surface area (Å²) in [5, 5.41) is 9.21. The lowest BCUT2D eigenvalue weighted by molar-refractivity contribution is 0.280. The van der Waals surface area contributed by atoms with Crippen LogP contribution in [0.2, 0.25) is 0 Å². The molecule has 1 fully saturated rings. The summed E-state index contributed by atoms with van der Waals surface area (Å²) in [5.41, 5.74) is 3.83. The third-order valence-corrected chi connectivity index (χ3v) is 3.13. The summed E-state index contributed by atoms with van der Waals surface area (Å²) in [4.78, 5) is 0. The first-order valence-electron chi connectivity index (χ1n) is 4.81. The maximum atomic E-state index is 9.21. The maximum Gasteiger partial charge on any atom is 0.0684 e. The molecule has 2 atom stereocenters. The van der Waals surface area contributed by atoms with Gasteiger partial charge in [-0.25, -0.2) is 0 Å². The van der Waals surface area contributed by atoms with E-state index in [9.17, 15) is 5.11 Å². The van der Waals surface area contributed by atoms with E-state index in [-0.39, 0.29) is 6.61 Å². The molecule has 1 heteroatoms. The van der Waals surface area contributed by atoms with Crippen LogP contribution in [0.1, 0.15) is 29.0 Å². The molecular weight excluding hydrogens is 160 g/mol. The van der Waals surface area contributed by atoms with Crippen LogP contribution in [0, 0.1) is 5.92 Å². The van der Waals surface area contributed by atoms with Gasteiger partial charge in [0.2, 0.25) is 0 Å². The van der Waals surface area contributed by atoms with E-state index < -0.39 is 0 Å². The van der Waals surface area contributed by atoms with E-state index in [0.29, 0.717) is 5.92 Å². The Balaban J connectivity index is 2.21. The van der Waals surface area contributed by atoms with Crippen LogP contribution in [-0.2, 0) is 6.61 Å². The number of fused-ring (bicyclic) bond motifs is 3. The molecule has 1 N–H and O–H groups in total. The zero-order chi connectivity index (χ0) is 8.84. The molecule has 0 aliphatic heterocycles. The summed E-state index contributed by atoms with van der Waals surface area (Å²) in [6.07, 6.45) is 5.78. The second-order valence-corrected chi connectivity index (χ2v) is 3.94. The van der Waals surface area contributed by atoms with Crippen molar-refractivity contribution >= 4 is 6.08 Å².